The van der Waals surface area contributed by atoms with Crippen LogP contribution in [0.25, 0.3) is 0 Å². The van der Waals surface area contributed by atoms with Crippen molar-refractivity contribution in [2.75, 3.05) is 7.11 Å². The predicted molar refractivity (Wildman–Crippen MR) is 113 cm³/mol. The molecule has 1 atom stereocenters. The molecular formula is C21H21ClN2O5S. The minimum absolute atomic E-state index is 0.0569. The van der Waals surface area contributed by atoms with Gasteiger partial charge in [-0.3, -0.25) is 4.79 Å². The Hall–Kier alpha value is -2.81. The Kier molecular flexibility index (Phi) is 7.15. The van der Waals surface area contributed by atoms with Crippen LogP contribution in [0.2, 0.25) is 5.02 Å². The molecule has 0 fully saturated rings. The lowest BCUT2D eigenvalue weighted by Crippen LogP contribution is -2.33. The normalized spacial score (nSPS) is 12.3. The van der Waals surface area contributed by atoms with E-state index in [1.54, 1.807) is 36.4 Å². The minimum atomic E-state index is -3.88. The fourth-order valence-electron chi connectivity index (χ4n) is 2.79. The highest BCUT2D eigenvalue weighted by molar-refractivity contribution is 7.89. The zero-order chi connectivity index (χ0) is 21.6. The van der Waals surface area contributed by atoms with Gasteiger partial charge in [0.15, 0.2) is 0 Å². The van der Waals surface area contributed by atoms with E-state index in [0.717, 1.165) is 0 Å². The van der Waals surface area contributed by atoms with Crippen molar-refractivity contribution < 1.29 is 22.4 Å². The lowest BCUT2D eigenvalue weighted by atomic mass is 10.0. The second-order valence-corrected chi connectivity index (χ2v) is 8.61. The molecule has 1 amide bonds. The average molecular weight is 449 g/mol. The number of hydrogen-bond donors (Lipinski definition) is 2. The summed E-state index contributed by atoms with van der Waals surface area (Å²) in [5.74, 6) is 0.900. The largest absolute Gasteiger partial charge is 0.497 e. The quantitative estimate of drug-likeness (QED) is 0.520. The molecule has 2 N–H and O–H groups in total. The molecule has 3 rings (SSSR count). The van der Waals surface area contributed by atoms with Gasteiger partial charge in [0.05, 0.1) is 30.9 Å². The Balaban J connectivity index is 1.79. The highest BCUT2D eigenvalue weighted by Gasteiger charge is 2.24. The maximum atomic E-state index is 12.9. The van der Waals surface area contributed by atoms with Crippen molar-refractivity contribution >= 4 is 27.5 Å². The SMILES string of the molecule is COc1ccc([C@@H](CC(=O)NCc2ccco2)NS(=O)(=O)c2ccc(Cl)cc2)cc1. The van der Waals surface area contributed by atoms with E-state index in [9.17, 15) is 13.2 Å². The Labute approximate surface area is 180 Å². The molecule has 0 spiro atoms. The molecular weight excluding hydrogens is 428 g/mol. The number of carbonyl (C=O) groups excluding carboxylic acids is 1. The first-order valence-corrected chi connectivity index (χ1v) is 10.9. The summed E-state index contributed by atoms with van der Waals surface area (Å²) in [5, 5.41) is 3.16. The summed E-state index contributed by atoms with van der Waals surface area (Å²) in [4.78, 5) is 12.5. The van der Waals surface area contributed by atoms with Gasteiger partial charge in [0.2, 0.25) is 15.9 Å². The first-order chi connectivity index (χ1) is 14.4. The Morgan fingerprint density at radius 1 is 1.10 bits per heavy atom. The minimum Gasteiger partial charge on any atom is -0.497 e. The van der Waals surface area contributed by atoms with Gasteiger partial charge >= 0.3 is 0 Å². The van der Waals surface area contributed by atoms with E-state index in [1.807, 2.05) is 0 Å². The number of methoxy groups -OCH3 is 1. The monoisotopic (exact) mass is 448 g/mol. The molecule has 9 heteroatoms. The molecule has 0 unspecified atom stereocenters. The molecule has 0 aliphatic heterocycles. The highest BCUT2D eigenvalue weighted by atomic mass is 35.5. The number of rotatable bonds is 9. The van der Waals surface area contributed by atoms with Crippen molar-refractivity contribution in [1.82, 2.24) is 10.0 Å². The van der Waals surface area contributed by atoms with Crippen LogP contribution in [0, 0.1) is 0 Å². The summed E-state index contributed by atoms with van der Waals surface area (Å²) >= 11 is 5.85. The molecule has 0 radical (unpaired) electrons. The number of benzene rings is 2. The highest BCUT2D eigenvalue weighted by Crippen LogP contribution is 2.23. The molecule has 0 aliphatic carbocycles. The van der Waals surface area contributed by atoms with E-state index >= 15 is 0 Å². The van der Waals surface area contributed by atoms with Crippen LogP contribution in [0.15, 0.2) is 76.2 Å². The van der Waals surface area contributed by atoms with Gasteiger partial charge in [0.1, 0.15) is 11.5 Å². The van der Waals surface area contributed by atoms with Crippen molar-refractivity contribution in [3.63, 3.8) is 0 Å². The van der Waals surface area contributed by atoms with Crippen LogP contribution in [0.1, 0.15) is 23.8 Å². The number of sulfonamides is 1. The van der Waals surface area contributed by atoms with Crippen LogP contribution in [0.3, 0.4) is 0 Å². The zero-order valence-electron chi connectivity index (χ0n) is 16.2. The molecule has 0 saturated carbocycles. The molecule has 7 nitrogen and oxygen atoms in total. The van der Waals surface area contributed by atoms with Crippen molar-refractivity contribution in [3.8, 4) is 5.75 Å². The summed E-state index contributed by atoms with van der Waals surface area (Å²) in [6, 6.07) is 15.3. The van der Waals surface area contributed by atoms with Gasteiger partial charge in [-0.05, 0) is 54.1 Å². The maximum absolute atomic E-state index is 12.9. The van der Waals surface area contributed by atoms with E-state index in [1.165, 1.54) is 37.6 Å². The number of carbonyl (C=O) groups is 1. The molecule has 0 bridgehead atoms. The Bertz CT molecular complexity index is 1070. The summed E-state index contributed by atoms with van der Waals surface area (Å²) in [7, 11) is -2.34. The standard InChI is InChI=1S/C21H21ClN2O5S/c1-28-17-8-4-15(5-9-17)20(13-21(25)23-14-18-3-2-12-29-18)24-30(26,27)19-10-6-16(22)7-11-19/h2-12,20,24H,13-14H2,1H3,(H,23,25)/t20-/m1/s1. The van der Waals surface area contributed by atoms with Crippen LogP contribution < -0.4 is 14.8 Å². The maximum Gasteiger partial charge on any atom is 0.241 e. The smallest absolute Gasteiger partial charge is 0.241 e. The number of amides is 1. The van der Waals surface area contributed by atoms with Gasteiger partial charge < -0.3 is 14.5 Å². The van der Waals surface area contributed by atoms with Gasteiger partial charge in [-0.25, -0.2) is 13.1 Å². The fourth-order valence-corrected chi connectivity index (χ4v) is 4.14. The topological polar surface area (TPSA) is 97.6 Å². The molecule has 3 aromatic rings. The van der Waals surface area contributed by atoms with Gasteiger partial charge in [-0.2, -0.15) is 0 Å². The zero-order valence-corrected chi connectivity index (χ0v) is 17.7. The van der Waals surface area contributed by atoms with Gasteiger partial charge in [0, 0.05) is 11.4 Å². The summed E-state index contributed by atoms with van der Waals surface area (Å²) in [6.45, 7) is 0.213. The van der Waals surface area contributed by atoms with Gasteiger partial charge in [0.25, 0.3) is 0 Å². The molecule has 158 valence electrons. The predicted octanol–water partition coefficient (Wildman–Crippen LogP) is 3.67. The van der Waals surface area contributed by atoms with E-state index in [2.05, 4.69) is 10.0 Å². The number of ether oxygens (including phenoxy) is 1. The van der Waals surface area contributed by atoms with Crippen LogP contribution in [0.5, 0.6) is 5.75 Å². The van der Waals surface area contributed by atoms with Crippen molar-refractivity contribution in [2.45, 2.75) is 23.9 Å². The molecule has 1 aromatic heterocycles. The lowest BCUT2D eigenvalue weighted by Gasteiger charge is -2.19. The van der Waals surface area contributed by atoms with Crippen molar-refractivity contribution in [1.29, 1.82) is 0 Å². The van der Waals surface area contributed by atoms with Crippen molar-refractivity contribution in [2.24, 2.45) is 0 Å². The molecule has 2 aromatic carbocycles. The van der Waals surface area contributed by atoms with Crippen LogP contribution >= 0.6 is 11.6 Å². The van der Waals surface area contributed by atoms with Crippen LogP contribution in [0.4, 0.5) is 0 Å². The Morgan fingerprint density at radius 3 is 2.40 bits per heavy atom. The average Bonchev–Trinajstić information content (AvgIpc) is 3.26. The summed E-state index contributed by atoms with van der Waals surface area (Å²) < 4.78 is 38.7. The number of furan rings is 1. The second kappa shape index (κ2) is 9.80. The van der Waals surface area contributed by atoms with E-state index in [-0.39, 0.29) is 23.8 Å². The number of halogens is 1. The second-order valence-electron chi connectivity index (χ2n) is 6.46. The summed E-state index contributed by atoms with van der Waals surface area (Å²) in [6.07, 6.45) is 1.42. The number of nitrogens with one attached hydrogen (secondary N) is 2. The Morgan fingerprint density at radius 2 is 1.80 bits per heavy atom. The van der Waals surface area contributed by atoms with E-state index < -0.39 is 16.1 Å². The lowest BCUT2D eigenvalue weighted by molar-refractivity contribution is -0.121. The third-order valence-electron chi connectivity index (χ3n) is 4.37. The molecule has 0 saturated heterocycles. The van der Waals surface area contributed by atoms with Gasteiger partial charge in [-0.1, -0.05) is 23.7 Å². The molecule has 30 heavy (non-hydrogen) atoms. The van der Waals surface area contributed by atoms with Crippen LogP contribution in [-0.4, -0.2) is 21.4 Å². The van der Waals surface area contributed by atoms with E-state index in [0.29, 0.717) is 22.1 Å². The first-order valence-electron chi connectivity index (χ1n) is 9.08. The molecule has 0 aliphatic rings. The van der Waals surface area contributed by atoms with Crippen molar-refractivity contribution in [3.05, 3.63) is 83.3 Å². The molecule has 1 heterocycles. The number of hydrogen-bond acceptors (Lipinski definition) is 5. The third kappa shape index (κ3) is 5.85. The summed E-state index contributed by atoms with van der Waals surface area (Å²) in [5.41, 5.74) is 0.626. The first kappa shape index (κ1) is 21.9. The van der Waals surface area contributed by atoms with E-state index in [4.69, 9.17) is 20.8 Å². The van der Waals surface area contributed by atoms with Gasteiger partial charge in [-0.15, -0.1) is 0 Å². The fraction of sp³-hybridized carbons (Fsp3) is 0.190. The third-order valence-corrected chi connectivity index (χ3v) is 6.11. The van der Waals surface area contributed by atoms with Crippen LogP contribution in [-0.2, 0) is 21.4 Å².